The maximum atomic E-state index is 4.42. The first-order chi connectivity index (χ1) is 24.3. The van der Waals surface area contributed by atoms with E-state index in [-0.39, 0.29) is 20.1 Å². The van der Waals surface area contributed by atoms with Crippen molar-refractivity contribution < 1.29 is 20.1 Å². The number of fused-ring (bicyclic) bond motifs is 2. The molecular formula is C43H36IrN6. The fraction of sp³-hybridized carbons (Fsp3) is 0.0465. The molecule has 0 saturated carbocycles. The van der Waals surface area contributed by atoms with Crippen molar-refractivity contribution >= 4 is 35.9 Å². The third kappa shape index (κ3) is 8.58. The number of anilines is 2. The molecule has 0 bridgehead atoms. The van der Waals surface area contributed by atoms with E-state index in [0.29, 0.717) is 11.6 Å². The molecule has 1 N–H and O–H groups in total. The van der Waals surface area contributed by atoms with Crippen LogP contribution in [0.4, 0.5) is 11.4 Å². The normalized spacial score (nSPS) is 12.2. The van der Waals surface area contributed by atoms with E-state index in [2.05, 4.69) is 152 Å². The number of nitrogens with zero attached hydrogens (tertiary/aromatic N) is 5. The average molecular weight is 829 g/mol. The number of hydrogen-bond acceptors (Lipinski definition) is 5. The molecule has 0 unspecified atom stereocenters. The molecule has 6 nitrogen and oxygen atoms in total. The van der Waals surface area contributed by atoms with Crippen LogP contribution in [0.25, 0.3) is 47.5 Å². The van der Waals surface area contributed by atoms with Crippen molar-refractivity contribution in [3.63, 3.8) is 0 Å². The number of aromatic amines is 1. The van der Waals surface area contributed by atoms with Gasteiger partial charge < -0.3 is 9.80 Å². The van der Waals surface area contributed by atoms with Gasteiger partial charge >= 0.3 is 0 Å². The van der Waals surface area contributed by atoms with Crippen molar-refractivity contribution in [2.24, 2.45) is 0 Å². The fourth-order valence-corrected chi connectivity index (χ4v) is 5.66. The third-order valence-electron chi connectivity index (χ3n) is 8.20. The van der Waals surface area contributed by atoms with Crippen LogP contribution in [0.3, 0.4) is 0 Å². The Morgan fingerprint density at radius 2 is 0.940 bits per heavy atom. The molecule has 247 valence electrons. The second-order valence-electron chi connectivity index (χ2n) is 11.5. The van der Waals surface area contributed by atoms with Gasteiger partial charge in [-0.05, 0) is 57.3 Å². The van der Waals surface area contributed by atoms with E-state index >= 15 is 0 Å². The largest absolute Gasteiger partial charge is 0.344 e. The van der Waals surface area contributed by atoms with E-state index in [9.17, 15) is 0 Å². The summed E-state index contributed by atoms with van der Waals surface area (Å²) in [5.41, 5.74) is 4.27. The predicted molar refractivity (Wildman–Crippen MR) is 202 cm³/mol. The first kappa shape index (κ1) is 34.0. The van der Waals surface area contributed by atoms with Crippen molar-refractivity contribution in [1.82, 2.24) is 20.2 Å². The number of rotatable bonds is 4. The molecule has 0 aliphatic carbocycles. The summed E-state index contributed by atoms with van der Waals surface area (Å²) < 4.78 is 0. The minimum absolute atomic E-state index is 0. The van der Waals surface area contributed by atoms with Crippen LogP contribution in [0.5, 0.6) is 0 Å². The summed E-state index contributed by atoms with van der Waals surface area (Å²) in [5, 5.41) is 12.3. The molecule has 0 spiro atoms. The van der Waals surface area contributed by atoms with Crippen LogP contribution in [0.15, 0.2) is 164 Å². The molecule has 4 heterocycles. The fourth-order valence-electron chi connectivity index (χ4n) is 5.66. The maximum absolute atomic E-state index is 4.42. The van der Waals surface area contributed by atoms with Crippen molar-refractivity contribution in [3.8, 4) is 22.9 Å². The van der Waals surface area contributed by atoms with Crippen molar-refractivity contribution in [2.75, 3.05) is 22.9 Å². The third-order valence-corrected chi connectivity index (χ3v) is 8.20. The second-order valence-corrected chi connectivity index (χ2v) is 11.5. The number of benzene rings is 5. The van der Waals surface area contributed by atoms with E-state index in [1.54, 1.807) is 6.20 Å². The van der Waals surface area contributed by atoms with E-state index < -0.39 is 0 Å². The maximum Gasteiger partial charge on any atom is 0.181 e. The summed E-state index contributed by atoms with van der Waals surface area (Å²) in [6, 6.07) is 53.4. The first-order valence-electron chi connectivity index (χ1n) is 16.4. The summed E-state index contributed by atoms with van der Waals surface area (Å²) in [7, 11) is 0. The van der Waals surface area contributed by atoms with E-state index in [1.165, 1.54) is 32.2 Å². The standard InChI is InChI=1S/2C15H13N.C13H10N4.Ir/c2*1-2-8-15(9-3-1)16-11-10-13-6-4-5-7-14(13)12-16;1-2-6-10(7-3-1)12-15-13(17-16-12)11-8-4-5-9-14-11;/h2*1-10,12H,11H2;1-9H,(H,15,16,17);. The molecule has 2 aliphatic rings. The molecule has 0 amide bonds. The monoisotopic (exact) mass is 829 g/mol. The van der Waals surface area contributed by atoms with Gasteiger partial charge in [-0.3, -0.25) is 10.1 Å². The number of aromatic nitrogens is 4. The molecule has 0 fully saturated rings. The van der Waals surface area contributed by atoms with Crippen LogP contribution < -0.4 is 30.7 Å². The van der Waals surface area contributed by atoms with E-state index in [4.69, 9.17) is 0 Å². The Kier molecular flexibility index (Phi) is 11.5. The molecule has 50 heavy (non-hydrogen) atoms. The summed E-state index contributed by atoms with van der Waals surface area (Å²) in [6.45, 7) is 1.89. The van der Waals surface area contributed by atoms with Crippen LogP contribution >= 0.6 is 0 Å². The minimum atomic E-state index is 0. The average Bonchev–Trinajstić information content (AvgIpc) is 3.70. The van der Waals surface area contributed by atoms with Crippen LogP contribution in [0, 0.1) is 0 Å². The Morgan fingerprint density at radius 1 is 0.480 bits per heavy atom. The molecule has 5 aromatic carbocycles. The Hall–Kier alpha value is -5.88. The molecule has 7 heteroatoms. The number of hydrogen-bond donors (Lipinski definition) is 1. The Labute approximate surface area is 305 Å². The first-order valence-corrected chi connectivity index (χ1v) is 16.4. The quantitative estimate of drug-likeness (QED) is 0.237. The van der Waals surface area contributed by atoms with Gasteiger partial charge in [0.1, 0.15) is 5.69 Å². The van der Waals surface area contributed by atoms with Crippen LogP contribution in [0.2, 0.25) is 0 Å². The van der Waals surface area contributed by atoms with Crippen LogP contribution in [-0.4, -0.2) is 33.3 Å². The molecule has 2 aromatic heterocycles. The van der Waals surface area contributed by atoms with E-state index in [0.717, 1.165) is 24.3 Å². The van der Waals surface area contributed by atoms with Crippen LogP contribution in [-0.2, 0) is 20.1 Å². The van der Waals surface area contributed by atoms with Crippen molar-refractivity contribution in [3.05, 3.63) is 185 Å². The topological polar surface area (TPSA) is 60.9 Å². The Balaban J connectivity index is 0.000000128. The Bertz CT molecular complexity index is 2180. The van der Waals surface area contributed by atoms with Gasteiger partial charge in [0.2, 0.25) is 0 Å². The van der Waals surface area contributed by atoms with Gasteiger partial charge in [0.25, 0.3) is 0 Å². The Morgan fingerprint density at radius 3 is 1.44 bits per heavy atom. The number of pyridine rings is 1. The van der Waals surface area contributed by atoms with E-state index in [1.807, 2.05) is 60.7 Å². The molecule has 0 atom stereocenters. The number of para-hydroxylation sites is 2. The predicted octanol–water partition coefficient (Wildman–Crippen LogP) is 5.98. The summed E-state index contributed by atoms with van der Waals surface area (Å²) in [6.07, 6.45) is 10.7. The smallest absolute Gasteiger partial charge is 0.181 e. The molecular weight excluding hydrogens is 793 g/mol. The van der Waals surface area contributed by atoms with Crippen molar-refractivity contribution in [1.29, 1.82) is 0 Å². The second kappa shape index (κ2) is 17.0. The molecule has 7 aromatic rings. The SMILES string of the molecule is C1=c2ccccc2=CN(c2ccccc2)C1.C1=c2ccccc2=CN(c2ccccc2)C1.[Ir].c1ccc(-c2n[nH]c(-c3ccccn3)n2)cc1. The summed E-state index contributed by atoms with van der Waals surface area (Å²) in [4.78, 5) is 13.2. The molecule has 9 rings (SSSR count). The minimum Gasteiger partial charge on any atom is -0.344 e. The van der Waals surface area contributed by atoms with Gasteiger partial charge in [-0.15, -0.1) is 0 Å². The summed E-state index contributed by atoms with van der Waals surface area (Å²) in [5.74, 6) is 1.37. The number of nitrogens with one attached hydrogen (secondary N) is 1. The van der Waals surface area contributed by atoms with Gasteiger partial charge in [-0.1, -0.05) is 133 Å². The van der Waals surface area contributed by atoms with Crippen LogP contribution in [0.1, 0.15) is 0 Å². The van der Waals surface area contributed by atoms with Gasteiger partial charge in [-0.25, -0.2) is 4.98 Å². The zero-order chi connectivity index (χ0) is 33.1. The van der Waals surface area contributed by atoms with Gasteiger partial charge in [0.05, 0.1) is 0 Å². The van der Waals surface area contributed by atoms with Gasteiger partial charge in [0, 0.05) is 68.7 Å². The molecule has 2 aliphatic heterocycles. The molecule has 0 saturated heterocycles. The van der Waals surface area contributed by atoms with Crippen molar-refractivity contribution in [2.45, 2.75) is 0 Å². The summed E-state index contributed by atoms with van der Waals surface area (Å²) >= 11 is 0. The number of H-pyrrole nitrogens is 1. The molecule has 1 radical (unpaired) electrons. The van der Waals surface area contributed by atoms with Gasteiger partial charge in [0.15, 0.2) is 11.6 Å². The van der Waals surface area contributed by atoms with Gasteiger partial charge in [-0.2, -0.15) is 5.10 Å². The zero-order valence-electron chi connectivity index (χ0n) is 27.4. The zero-order valence-corrected chi connectivity index (χ0v) is 29.8.